The Morgan fingerprint density at radius 1 is 1.12 bits per heavy atom. The van der Waals surface area contributed by atoms with Crippen molar-refractivity contribution in [3.05, 3.63) is 54.1 Å². The number of hydrogen-bond acceptors (Lipinski definition) is 4. The molecule has 86 valence electrons. The highest BCUT2D eigenvalue weighted by Crippen LogP contribution is 2.22. The number of carbonyl (C=O) groups excluding carboxylic acids is 1. The number of aldehydes is 1. The monoisotopic (exact) mass is 245 g/mol. The van der Waals surface area contributed by atoms with Crippen LogP contribution in [0.4, 0.5) is 5.69 Å². The summed E-state index contributed by atoms with van der Waals surface area (Å²) in [5.41, 5.74) is 1.55. The van der Waals surface area contributed by atoms with Crippen LogP contribution in [0.5, 0.6) is 5.75 Å². The Morgan fingerprint density at radius 2 is 1.88 bits per heavy atom. The Bertz CT molecular complexity index is 511. The lowest BCUT2D eigenvalue weighted by atomic mass is 10.2. The molecule has 17 heavy (non-hydrogen) atoms. The highest BCUT2D eigenvalue weighted by Gasteiger charge is 1.97. The maximum Gasteiger partial charge on any atom is 0.150 e. The minimum atomic E-state index is 0.239. The molecule has 0 spiro atoms. The van der Waals surface area contributed by atoms with Crippen molar-refractivity contribution in [2.24, 2.45) is 0 Å². The van der Waals surface area contributed by atoms with Gasteiger partial charge < -0.3 is 9.83 Å². The molecule has 0 aromatic heterocycles. The molecule has 0 heterocycles. The Balaban J connectivity index is 2.01. The molecule has 0 atom stereocenters. The highest BCUT2D eigenvalue weighted by atomic mass is 32.2. The maximum absolute atomic E-state index is 10.6. The van der Waals surface area contributed by atoms with Gasteiger partial charge in [0.1, 0.15) is 12.0 Å². The van der Waals surface area contributed by atoms with E-state index in [2.05, 4.69) is 4.72 Å². The van der Waals surface area contributed by atoms with Gasteiger partial charge in [0.05, 0.1) is 0 Å². The lowest BCUT2D eigenvalue weighted by molar-refractivity contribution is 0.112. The van der Waals surface area contributed by atoms with Crippen LogP contribution in [0.15, 0.2) is 53.4 Å². The van der Waals surface area contributed by atoms with Crippen LogP contribution >= 0.6 is 11.9 Å². The first-order valence-corrected chi connectivity index (χ1v) is 5.87. The van der Waals surface area contributed by atoms with Gasteiger partial charge in [-0.3, -0.25) is 4.79 Å². The van der Waals surface area contributed by atoms with Crippen LogP contribution in [0.25, 0.3) is 0 Å². The second kappa shape index (κ2) is 5.41. The van der Waals surface area contributed by atoms with E-state index < -0.39 is 0 Å². The molecule has 0 aliphatic carbocycles. The van der Waals surface area contributed by atoms with Gasteiger partial charge >= 0.3 is 0 Å². The smallest absolute Gasteiger partial charge is 0.150 e. The van der Waals surface area contributed by atoms with Crippen LogP contribution in [0.3, 0.4) is 0 Å². The minimum absolute atomic E-state index is 0.239. The van der Waals surface area contributed by atoms with Crippen LogP contribution in [-0.2, 0) is 0 Å². The van der Waals surface area contributed by atoms with Crippen molar-refractivity contribution < 1.29 is 9.90 Å². The molecule has 0 aliphatic rings. The lowest BCUT2D eigenvalue weighted by Gasteiger charge is -2.05. The molecule has 0 amide bonds. The number of aromatic hydroxyl groups is 1. The van der Waals surface area contributed by atoms with Gasteiger partial charge in [0.2, 0.25) is 0 Å². The van der Waals surface area contributed by atoms with Crippen molar-refractivity contribution in [1.82, 2.24) is 0 Å². The molecule has 0 fully saturated rings. The second-order valence-electron chi connectivity index (χ2n) is 3.44. The molecule has 2 N–H and O–H groups in total. The van der Waals surface area contributed by atoms with E-state index in [4.69, 9.17) is 5.11 Å². The van der Waals surface area contributed by atoms with Gasteiger partial charge in [0.15, 0.2) is 0 Å². The fourth-order valence-electron chi connectivity index (χ4n) is 1.30. The molecule has 2 aromatic carbocycles. The summed E-state index contributed by atoms with van der Waals surface area (Å²) in [6.45, 7) is 0. The normalized spacial score (nSPS) is 9.88. The maximum atomic E-state index is 10.6. The number of anilines is 1. The molecule has 0 radical (unpaired) electrons. The van der Waals surface area contributed by atoms with Gasteiger partial charge in [-0.25, -0.2) is 0 Å². The van der Waals surface area contributed by atoms with E-state index in [1.54, 1.807) is 30.3 Å². The number of hydrogen-bond donors (Lipinski definition) is 2. The van der Waals surface area contributed by atoms with E-state index in [0.717, 1.165) is 16.9 Å². The summed E-state index contributed by atoms with van der Waals surface area (Å²) in [4.78, 5) is 11.6. The number of phenolic OH excluding ortho intramolecular Hbond substituents is 1. The van der Waals surface area contributed by atoms with Crippen molar-refractivity contribution in [2.45, 2.75) is 4.90 Å². The molecule has 2 rings (SSSR count). The first-order chi connectivity index (χ1) is 8.28. The van der Waals surface area contributed by atoms with Gasteiger partial charge in [0.25, 0.3) is 0 Å². The second-order valence-corrected chi connectivity index (χ2v) is 4.32. The van der Waals surface area contributed by atoms with Gasteiger partial charge in [0, 0.05) is 16.1 Å². The predicted octanol–water partition coefficient (Wildman–Crippen LogP) is 3.32. The number of carbonyl (C=O) groups is 1. The van der Waals surface area contributed by atoms with E-state index >= 15 is 0 Å². The van der Waals surface area contributed by atoms with Crippen molar-refractivity contribution in [1.29, 1.82) is 0 Å². The molecule has 4 heteroatoms. The summed E-state index contributed by atoms with van der Waals surface area (Å²) < 4.78 is 3.13. The van der Waals surface area contributed by atoms with Crippen molar-refractivity contribution in [3.8, 4) is 5.75 Å². The standard InChI is InChI=1S/C13H11NO2S/c15-9-10-2-1-3-13(8-10)17-14-11-4-6-12(16)7-5-11/h1-9,14,16H. The third kappa shape index (κ3) is 3.26. The van der Waals surface area contributed by atoms with E-state index in [9.17, 15) is 4.79 Å². The number of nitrogens with one attached hydrogen (secondary N) is 1. The summed E-state index contributed by atoms with van der Waals surface area (Å²) in [6, 6.07) is 14.1. The average Bonchev–Trinajstić information content (AvgIpc) is 2.38. The largest absolute Gasteiger partial charge is 0.508 e. The zero-order valence-corrected chi connectivity index (χ0v) is 9.78. The molecule has 0 unspecified atom stereocenters. The van der Waals surface area contributed by atoms with Gasteiger partial charge in [-0.15, -0.1) is 0 Å². The van der Waals surface area contributed by atoms with Crippen LogP contribution < -0.4 is 4.72 Å². The molecule has 2 aromatic rings. The Kier molecular flexibility index (Phi) is 3.67. The Hall–Kier alpha value is -1.94. The number of rotatable bonds is 4. The van der Waals surface area contributed by atoms with Crippen LogP contribution in [0.2, 0.25) is 0 Å². The molecule has 0 saturated heterocycles. The first kappa shape index (κ1) is 11.5. The third-order valence-electron chi connectivity index (χ3n) is 2.15. The fourth-order valence-corrected chi connectivity index (χ4v) is 2.01. The quantitative estimate of drug-likeness (QED) is 0.493. The number of benzene rings is 2. The zero-order chi connectivity index (χ0) is 12.1. The van der Waals surface area contributed by atoms with E-state index in [1.807, 2.05) is 18.2 Å². The fraction of sp³-hybridized carbons (Fsp3) is 0. The summed E-state index contributed by atoms with van der Waals surface area (Å²) in [5, 5.41) is 9.14. The highest BCUT2D eigenvalue weighted by molar-refractivity contribution is 8.00. The lowest BCUT2D eigenvalue weighted by Crippen LogP contribution is -1.87. The van der Waals surface area contributed by atoms with Crippen molar-refractivity contribution in [3.63, 3.8) is 0 Å². The summed E-state index contributed by atoms with van der Waals surface area (Å²) in [6.07, 6.45) is 0.824. The van der Waals surface area contributed by atoms with E-state index in [-0.39, 0.29) is 5.75 Å². The summed E-state index contributed by atoms with van der Waals surface area (Å²) in [7, 11) is 0. The number of phenols is 1. The van der Waals surface area contributed by atoms with Gasteiger partial charge in [-0.1, -0.05) is 12.1 Å². The van der Waals surface area contributed by atoms with Gasteiger partial charge in [-0.2, -0.15) is 0 Å². The Labute approximate surface area is 104 Å². The molecular weight excluding hydrogens is 234 g/mol. The van der Waals surface area contributed by atoms with Crippen LogP contribution in [-0.4, -0.2) is 11.4 Å². The van der Waals surface area contributed by atoms with Crippen LogP contribution in [0.1, 0.15) is 10.4 Å². The zero-order valence-electron chi connectivity index (χ0n) is 8.96. The Morgan fingerprint density at radius 3 is 2.59 bits per heavy atom. The SMILES string of the molecule is O=Cc1cccc(SNc2ccc(O)cc2)c1. The first-order valence-electron chi connectivity index (χ1n) is 5.05. The molecule has 0 bridgehead atoms. The van der Waals surface area contributed by atoms with E-state index in [1.165, 1.54) is 11.9 Å². The molecule has 0 saturated carbocycles. The molecule has 0 aliphatic heterocycles. The summed E-state index contributed by atoms with van der Waals surface area (Å²) in [5.74, 6) is 0.239. The van der Waals surface area contributed by atoms with Crippen molar-refractivity contribution in [2.75, 3.05) is 4.72 Å². The van der Waals surface area contributed by atoms with Gasteiger partial charge in [-0.05, 0) is 48.3 Å². The third-order valence-corrected chi connectivity index (χ3v) is 2.98. The minimum Gasteiger partial charge on any atom is -0.508 e. The molecule has 3 nitrogen and oxygen atoms in total. The van der Waals surface area contributed by atoms with Crippen molar-refractivity contribution >= 4 is 23.9 Å². The topological polar surface area (TPSA) is 49.3 Å². The molecular formula is C13H11NO2S. The predicted molar refractivity (Wildman–Crippen MR) is 69.4 cm³/mol. The van der Waals surface area contributed by atoms with E-state index in [0.29, 0.717) is 5.56 Å². The average molecular weight is 245 g/mol. The summed E-state index contributed by atoms with van der Waals surface area (Å²) >= 11 is 1.42. The van der Waals surface area contributed by atoms with Crippen LogP contribution in [0, 0.1) is 0 Å².